The molecule has 1 aliphatic heterocycles. The fourth-order valence-corrected chi connectivity index (χ4v) is 3.93. The van der Waals surface area contributed by atoms with Gasteiger partial charge in [0, 0.05) is 13.0 Å². The highest BCUT2D eigenvalue weighted by molar-refractivity contribution is 7.16. The van der Waals surface area contributed by atoms with Gasteiger partial charge in [0.1, 0.15) is 11.5 Å². The first kappa shape index (κ1) is 14.9. The van der Waals surface area contributed by atoms with Crippen molar-refractivity contribution in [2.45, 2.75) is 32.4 Å². The van der Waals surface area contributed by atoms with Crippen LogP contribution in [0.4, 0.5) is 4.39 Å². The number of halogens is 1. The first-order valence-corrected chi connectivity index (χ1v) is 8.37. The van der Waals surface area contributed by atoms with Gasteiger partial charge in [0.25, 0.3) is 0 Å². The molecule has 0 saturated carbocycles. The van der Waals surface area contributed by atoms with Crippen molar-refractivity contribution < 1.29 is 4.39 Å². The summed E-state index contributed by atoms with van der Waals surface area (Å²) in [5, 5.41) is 4.27. The molecule has 0 fully saturated rings. The van der Waals surface area contributed by atoms with Crippen LogP contribution in [0.25, 0.3) is 15.9 Å². The van der Waals surface area contributed by atoms with E-state index in [0.717, 1.165) is 28.9 Å². The molecule has 1 aliphatic rings. The fraction of sp³-hybridized carbons (Fsp3) is 0.312. The van der Waals surface area contributed by atoms with Crippen molar-refractivity contribution in [2.75, 3.05) is 0 Å². The molecule has 0 N–H and O–H groups in total. The normalized spacial score (nSPS) is 13.8. The summed E-state index contributed by atoms with van der Waals surface area (Å²) in [5.74, 6) is 2.49. The van der Waals surface area contributed by atoms with Gasteiger partial charge in [0.15, 0.2) is 5.82 Å². The van der Waals surface area contributed by atoms with Crippen LogP contribution in [-0.2, 0) is 19.5 Å². The minimum Gasteiger partial charge on any atom is -0.287 e. The number of hydrogen-bond donors (Lipinski definition) is 0. The molecule has 122 valence electrons. The maximum absolute atomic E-state index is 14.5. The summed E-state index contributed by atoms with van der Waals surface area (Å²) in [4.78, 5) is 24.3. The van der Waals surface area contributed by atoms with E-state index in [1.807, 2.05) is 0 Å². The molecule has 8 heteroatoms. The van der Waals surface area contributed by atoms with Crippen LogP contribution in [0.3, 0.4) is 0 Å². The van der Waals surface area contributed by atoms with Crippen LogP contribution in [0.5, 0.6) is 0 Å². The van der Waals surface area contributed by atoms with E-state index in [2.05, 4.69) is 11.0 Å². The molecule has 6 nitrogen and oxygen atoms in total. The van der Waals surface area contributed by atoms with E-state index in [0.29, 0.717) is 29.0 Å². The van der Waals surface area contributed by atoms with Crippen LogP contribution in [0.2, 0.25) is 0 Å². The molecule has 24 heavy (non-hydrogen) atoms. The predicted octanol–water partition coefficient (Wildman–Crippen LogP) is 1.52. The molecule has 3 aromatic rings. The van der Waals surface area contributed by atoms with Crippen LogP contribution in [0.1, 0.15) is 18.7 Å². The quantitative estimate of drug-likeness (QED) is 0.662. The molecule has 3 heterocycles. The topological polar surface area (TPSA) is 61.8 Å². The Bertz CT molecular complexity index is 1110. The third kappa shape index (κ3) is 2.12. The molecule has 0 bridgehead atoms. The Morgan fingerprint density at radius 3 is 2.92 bits per heavy atom. The number of rotatable bonds is 2. The number of fused-ring (bicyclic) bond motifs is 2. The van der Waals surface area contributed by atoms with E-state index in [-0.39, 0.29) is 22.8 Å². The fourth-order valence-electron chi connectivity index (χ4n) is 3.03. The van der Waals surface area contributed by atoms with Crippen molar-refractivity contribution in [3.05, 3.63) is 43.9 Å². The van der Waals surface area contributed by atoms with Crippen molar-refractivity contribution in [3.63, 3.8) is 0 Å². The molecular formula is C16H13FN4O2S. The van der Waals surface area contributed by atoms with Gasteiger partial charge in [-0.25, -0.2) is 9.18 Å². The molecule has 0 atom stereocenters. The average Bonchev–Trinajstić information content (AvgIpc) is 3.05. The average molecular weight is 344 g/mol. The van der Waals surface area contributed by atoms with E-state index in [1.54, 1.807) is 4.57 Å². The lowest BCUT2D eigenvalue weighted by molar-refractivity contribution is 0.512. The molecule has 0 saturated heterocycles. The van der Waals surface area contributed by atoms with Gasteiger partial charge in [0.05, 0.1) is 16.8 Å². The van der Waals surface area contributed by atoms with Gasteiger partial charge in [-0.2, -0.15) is 4.68 Å². The number of aromatic nitrogens is 4. The Morgan fingerprint density at radius 2 is 2.17 bits per heavy atom. The lowest BCUT2D eigenvalue weighted by atomic mass is 10.2. The summed E-state index contributed by atoms with van der Waals surface area (Å²) in [5.41, 5.74) is 0.194. The van der Waals surface area contributed by atoms with Crippen molar-refractivity contribution in [3.8, 4) is 18.0 Å². The first-order chi connectivity index (χ1) is 11.6. The monoisotopic (exact) mass is 344 g/mol. The molecule has 1 aromatic carbocycles. The molecule has 0 unspecified atom stereocenters. The molecule has 0 amide bonds. The zero-order valence-corrected chi connectivity index (χ0v) is 13.5. The van der Waals surface area contributed by atoms with Crippen LogP contribution in [0, 0.1) is 18.2 Å². The number of nitrogens with zero attached hydrogens (tertiary/aromatic N) is 4. The van der Waals surface area contributed by atoms with E-state index in [9.17, 15) is 14.0 Å². The first-order valence-electron chi connectivity index (χ1n) is 7.55. The zero-order chi connectivity index (χ0) is 16.8. The van der Waals surface area contributed by atoms with E-state index in [4.69, 9.17) is 6.42 Å². The highest BCUT2D eigenvalue weighted by atomic mass is 32.1. The molecule has 2 aromatic heterocycles. The van der Waals surface area contributed by atoms with Crippen molar-refractivity contribution in [2.24, 2.45) is 0 Å². The summed E-state index contributed by atoms with van der Waals surface area (Å²) in [6, 6.07) is 2.73. The maximum Gasteiger partial charge on any atom is 0.350 e. The second-order valence-electron chi connectivity index (χ2n) is 5.65. The number of thiazole rings is 1. The smallest absolute Gasteiger partial charge is 0.287 e. The molecule has 0 radical (unpaired) electrons. The number of hydrogen-bond acceptors (Lipinski definition) is 4. The Morgan fingerprint density at radius 1 is 1.33 bits per heavy atom. The standard InChI is InChI=1S/C16H13FN4O2S/c1-2-6-19-12-9-11(10(17)8-13(12)24-16(19)23)21-15(22)20-7-4-3-5-14(20)18-21/h1,8-9H,3-7H2. The second kappa shape index (κ2) is 5.46. The number of benzene rings is 1. The van der Waals surface area contributed by atoms with Gasteiger partial charge in [-0.15, -0.1) is 11.5 Å². The van der Waals surface area contributed by atoms with Crippen molar-refractivity contribution in [1.29, 1.82) is 0 Å². The number of terminal acetylenes is 1. The SMILES string of the molecule is C#CCn1c(=O)sc2cc(F)c(-n3nc4n(c3=O)CCCC4)cc21. The summed E-state index contributed by atoms with van der Waals surface area (Å²) in [6.45, 7) is 0.691. The minimum absolute atomic E-state index is 0.0398. The molecule has 4 rings (SSSR count). The van der Waals surface area contributed by atoms with Crippen LogP contribution < -0.4 is 10.6 Å². The highest BCUT2D eigenvalue weighted by Gasteiger charge is 2.21. The third-order valence-electron chi connectivity index (χ3n) is 4.19. The zero-order valence-electron chi connectivity index (χ0n) is 12.7. The molecular weight excluding hydrogens is 331 g/mol. The highest BCUT2D eigenvalue weighted by Crippen LogP contribution is 2.24. The summed E-state index contributed by atoms with van der Waals surface area (Å²) >= 11 is 0.927. The Balaban J connectivity index is 1.97. The minimum atomic E-state index is -0.589. The Hall–Kier alpha value is -2.66. The lowest BCUT2D eigenvalue weighted by Crippen LogP contribution is -2.26. The van der Waals surface area contributed by atoms with Crippen LogP contribution >= 0.6 is 11.3 Å². The number of aryl methyl sites for hydroxylation is 1. The van der Waals surface area contributed by atoms with E-state index < -0.39 is 5.82 Å². The van der Waals surface area contributed by atoms with Crippen LogP contribution in [-0.4, -0.2) is 18.9 Å². The van der Waals surface area contributed by atoms with Gasteiger partial charge in [-0.3, -0.25) is 13.9 Å². The summed E-state index contributed by atoms with van der Waals surface area (Å²) in [7, 11) is 0. The molecule has 0 spiro atoms. The molecule has 0 aliphatic carbocycles. The maximum atomic E-state index is 14.5. The Labute approximate surface area is 139 Å². The van der Waals surface area contributed by atoms with Gasteiger partial charge in [-0.1, -0.05) is 17.3 Å². The Kier molecular flexibility index (Phi) is 3.39. The van der Waals surface area contributed by atoms with E-state index >= 15 is 0 Å². The van der Waals surface area contributed by atoms with Crippen molar-refractivity contribution in [1.82, 2.24) is 18.9 Å². The van der Waals surface area contributed by atoms with Gasteiger partial charge < -0.3 is 0 Å². The summed E-state index contributed by atoms with van der Waals surface area (Å²) < 4.78 is 19.1. The summed E-state index contributed by atoms with van der Waals surface area (Å²) in [6.07, 6.45) is 7.87. The lowest BCUT2D eigenvalue weighted by Gasteiger charge is -2.09. The van der Waals surface area contributed by atoms with Gasteiger partial charge in [-0.05, 0) is 25.0 Å². The largest absolute Gasteiger partial charge is 0.350 e. The van der Waals surface area contributed by atoms with E-state index in [1.165, 1.54) is 16.7 Å². The van der Waals surface area contributed by atoms with Gasteiger partial charge >= 0.3 is 10.6 Å². The van der Waals surface area contributed by atoms with Gasteiger partial charge in [0.2, 0.25) is 0 Å². The van der Waals surface area contributed by atoms with Crippen LogP contribution in [0.15, 0.2) is 21.7 Å². The van der Waals surface area contributed by atoms with Crippen molar-refractivity contribution >= 4 is 21.6 Å². The third-order valence-corrected chi connectivity index (χ3v) is 5.13. The predicted molar refractivity (Wildman–Crippen MR) is 89.2 cm³/mol. The second-order valence-corrected chi connectivity index (χ2v) is 6.64.